The molecule has 3 aromatic rings. The summed E-state index contributed by atoms with van der Waals surface area (Å²) in [4.78, 5) is 23.6. The van der Waals surface area contributed by atoms with Gasteiger partial charge >= 0.3 is 0 Å². The number of hydrogen-bond acceptors (Lipinski definition) is 5. The maximum atomic E-state index is 12.8. The molecule has 27 heavy (non-hydrogen) atoms. The Morgan fingerprint density at radius 3 is 2.96 bits per heavy atom. The van der Waals surface area contributed by atoms with Crippen LogP contribution in [0.25, 0.3) is 10.9 Å². The molecule has 3 heterocycles. The molecule has 6 heteroatoms. The van der Waals surface area contributed by atoms with E-state index in [1.165, 1.54) is 0 Å². The van der Waals surface area contributed by atoms with Crippen LogP contribution in [0.2, 0.25) is 0 Å². The standard InChI is InChI=1S/C21H22N4O2/c26-14-15-4-3-11-25(13-15)17-8-10-22-19(12-17)21(27)24-18-7-1-5-16-6-2-9-23-20(16)18/h1-2,5-10,12,15,26H,3-4,11,13-14H2,(H,24,27). The van der Waals surface area contributed by atoms with Gasteiger partial charge in [0.2, 0.25) is 0 Å². The van der Waals surface area contributed by atoms with Gasteiger partial charge in [-0.1, -0.05) is 18.2 Å². The lowest BCUT2D eigenvalue weighted by Gasteiger charge is -2.33. The van der Waals surface area contributed by atoms with Crippen LogP contribution in [0, 0.1) is 5.92 Å². The molecular weight excluding hydrogens is 340 g/mol. The minimum Gasteiger partial charge on any atom is -0.396 e. The van der Waals surface area contributed by atoms with Gasteiger partial charge in [-0.15, -0.1) is 0 Å². The molecule has 1 unspecified atom stereocenters. The summed E-state index contributed by atoms with van der Waals surface area (Å²) >= 11 is 0. The SMILES string of the molecule is O=C(Nc1cccc2cccnc12)c1cc(N2CCCC(CO)C2)ccn1. The highest BCUT2D eigenvalue weighted by atomic mass is 16.3. The van der Waals surface area contributed by atoms with Crippen molar-refractivity contribution < 1.29 is 9.90 Å². The van der Waals surface area contributed by atoms with Crippen molar-refractivity contribution >= 4 is 28.2 Å². The lowest BCUT2D eigenvalue weighted by molar-refractivity contribution is 0.102. The molecule has 4 rings (SSSR count). The summed E-state index contributed by atoms with van der Waals surface area (Å²) in [5, 5.41) is 13.3. The third-order valence-corrected chi connectivity index (χ3v) is 5.00. The van der Waals surface area contributed by atoms with Crippen LogP contribution in [0.4, 0.5) is 11.4 Å². The summed E-state index contributed by atoms with van der Waals surface area (Å²) in [5.41, 5.74) is 2.76. The van der Waals surface area contributed by atoms with Crippen molar-refractivity contribution in [3.63, 3.8) is 0 Å². The van der Waals surface area contributed by atoms with E-state index >= 15 is 0 Å². The van der Waals surface area contributed by atoms with Crippen LogP contribution in [-0.2, 0) is 0 Å². The first kappa shape index (κ1) is 17.4. The smallest absolute Gasteiger partial charge is 0.274 e. The fourth-order valence-electron chi connectivity index (χ4n) is 3.58. The molecule has 2 N–H and O–H groups in total. The number of rotatable bonds is 4. The van der Waals surface area contributed by atoms with Gasteiger partial charge in [0, 0.05) is 43.2 Å². The number of carbonyl (C=O) groups is 1. The monoisotopic (exact) mass is 362 g/mol. The van der Waals surface area contributed by atoms with Crippen molar-refractivity contribution in [2.75, 3.05) is 29.9 Å². The maximum absolute atomic E-state index is 12.8. The Balaban J connectivity index is 1.55. The maximum Gasteiger partial charge on any atom is 0.274 e. The number of aliphatic hydroxyl groups is 1. The molecule has 0 radical (unpaired) electrons. The van der Waals surface area contributed by atoms with E-state index in [1.54, 1.807) is 12.4 Å². The molecule has 0 spiro atoms. The van der Waals surface area contributed by atoms with Gasteiger partial charge in [0.05, 0.1) is 11.2 Å². The number of fused-ring (bicyclic) bond motifs is 1. The zero-order valence-corrected chi connectivity index (χ0v) is 15.0. The Labute approximate surface area is 157 Å². The van der Waals surface area contributed by atoms with Gasteiger partial charge in [-0.3, -0.25) is 14.8 Å². The van der Waals surface area contributed by atoms with Crippen LogP contribution in [0.3, 0.4) is 0 Å². The predicted octanol–water partition coefficient (Wildman–Crippen LogP) is 3.09. The summed E-state index contributed by atoms with van der Waals surface area (Å²) in [6, 6.07) is 13.3. The number of anilines is 2. The lowest BCUT2D eigenvalue weighted by atomic mass is 9.98. The van der Waals surface area contributed by atoms with E-state index in [0.29, 0.717) is 11.4 Å². The Morgan fingerprint density at radius 1 is 1.19 bits per heavy atom. The quantitative estimate of drug-likeness (QED) is 0.746. The van der Waals surface area contributed by atoms with Gasteiger partial charge in [-0.2, -0.15) is 0 Å². The second kappa shape index (κ2) is 7.72. The van der Waals surface area contributed by atoms with E-state index in [4.69, 9.17) is 0 Å². The average molecular weight is 362 g/mol. The number of pyridine rings is 2. The number of para-hydroxylation sites is 1. The summed E-state index contributed by atoms with van der Waals surface area (Å²) in [5.74, 6) is 0.0247. The number of nitrogens with one attached hydrogen (secondary N) is 1. The molecule has 0 aliphatic carbocycles. The molecule has 1 aliphatic heterocycles. The Morgan fingerprint density at radius 2 is 2.07 bits per heavy atom. The number of nitrogens with zero attached hydrogens (tertiary/aromatic N) is 3. The van der Waals surface area contributed by atoms with Crippen molar-refractivity contribution in [2.45, 2.75) is 12.8 Å². The first-order chi connectivity index (χ1) is 13.2. The summed E-state index contributed by atoms with van der Waals surface area (Å²) in [6.45, 7) is 1.92. The van der Waals surface area contributed by atoms with Crippen molar-refractivity contribution in [1.82, 2.24) is 9.97 Å². The highest BCUT2D eigenvalue weighted by Crippen LogP contribution is 2.24. The fraction of sp³-hybridized carbons (Fsp3) is 0.286. The molecule has 6 nitrogen and oxygen atoms in total. The first-order valence-corrected chi connectivity index (χ1v) is 9.21. The number of piperidine rings is 1. The molecule has 1 aromatic carbocycles. The van der Waals surface area contributed by atoms with Crippen LogP contribution in [0.5, 0.6) is 0 Å². The zero-order chi connectivity index (χ0) is 18.6. The second-order valence-electron chi connectivity index (χ2n) is 6.87. The number of hydrogen-bond donors (Lipinski definition) is 2. The topological polar surface area (TPSA) is 78.4 Å². The minimum absolute atomic E-state index is 0.197. The first-order valence-electron chi connectivity index (χ1n) is 9.21. The highest BCUT2D eigenvalue weighted by molar-refractivity contribution is 6.07. The Kier molecular flexibility index (Phi) is 4.98. The largest absolute Gasteiger partial charge is 0.396 e. The van der Waals surface area contributed by atoms with E-state index in [9.17, 15) is 9.90 Å². The zero-order valence-electron chi connectivity index (χ0n) is 15.0. The predicted molar refractivity (Wildman–Crippen MR) is 106 cm³/mol. The van der Waals surface area contributed by atoms with Gasteiger partial charge in [0.25, 0.3) is 5.91 Å². The van der Waals surface area contributed by atoms with Crippen LogP contribution >= 0.6 is 0 Å². The van der Waals surface area contributed by atoms with E-state index in [1.807, 2.05) is 42.5 Å². The Hall–Kier alpha value is -2.99. The van der Waals surface area contributed by atoms with E-state index in [-0.39, 0.29) is 18.4 Å². The molecule has 1 amide bonds. The summed E-state index contributed by atoms with van der Waals surface area (Å²) in [7, 11) is 0. The molecule has 138 valence electrons. The highest BCUT2D eigenvalue weighted by Gasteiger charge is 2.20. The normalized spacial score (nSPS) is 17.1. The number of aromatic nitrogens is 2. The average Bonchev–Trinajstić information content (AvgIpc) is 2.74. The van der Waals surface area contributed by atoms with Gasteiger partial charge in [0.15, 0.2) is 0 Å². The fourth-order valence-corrected chi connectivity index (χ4v) is 3.58. The van der Waals surface area contributed by atoms with Crippen molar-refractivity contribution in [3.8, 4) is 0 Å². The van der Waals surface area contributed by atoms with Gasteiger partial charge in [-0.05, 0) is 43.0 Å². The molecule has 1 fully saturated rings. The molecule has 1 saturated heterocycles. The van der Waals surface area contributed by atoms with Crippen molar-refractivity contribution in [3.05, 3.63) is 60.6 Å². The number of amides is 1. The molecule has 2 aromatic heterocycles. The van der Waals surface area contributed by atoms with Gasteiger partial charge < -0.3 is 15.3 Å². The number of benzene rings is 1. The van der Waals surface area contributed by atoms with E-state index < -0.39 is 0 Å². The molecular formula is C21H22N4O2. The molecule has 1 atom stereocenters. The summed E-state index contributed by atoms with van der Waals surface area (Å²) in [6.07, 6.45) is 5.45. The third-order valence-electron chi connectivity index (χ3n) is 5.00. The van der Waals surface area contributed by atoms with Crippen LogP contribution in [-0.4, -0.2) is 40.7 Å². The second-order valence-corrected chi connectivity index (χ2v) is 6.87. The van der Waals surface area contributed by atoms with E-state index in [2.05, 4.69) is 20.2 Å². The molecule has 1 aliphatic rings. The summed E-state index contributed by atoms with van der Waals surface area (Å²) < 4.78 is 0. The van der Waals surface area contributed by atoms with Crippen molar-refractivity contribution in [2.24, 2.45) is 5.92 Å². The van der Waals surface area contributed by atoms with E-state index in [0.717, 1.165) is 42.5 Å². The van der Waals surface area contributed by atoms with Gasteiger partial charge in [-0.25, -0.2) is 0 Å². The third kappa shape index (κ3) is 3.75. The van der Waals surface area contributed by atoms with Gasteiger partial charge in [0.1, 0.15) is 5.69 Å². The molecule has 0 saturated carbocycles. The Bertz CT molecular complexity index is 954. The number of aliphatic hydroxyl groups excluding tert-OH is 1. The van der Waals surface area contributed by atoms with Crippen LogP contribution in [0.15, 0.2) is 54.9 Å². The van der Waals surface area contributed by atoms with Crippen LogP contribution < -0.4 is 10.2 Å². The minimum atomic E-state index is -0.259. The van der Waals surface area contributed by atoms with Crippen molar-refractivity contribution in [1.29, 1.82) is 0 Å². The molecule has 0 bridgehead atoms. The lowest BCUT2D eigenvalue weighted by Crippen LogP contribution is -2.36. The number of carbonyl (C=O) groups excluding carboxylic acids is 1. The van der Waals surface area contributed by atoms with Crippen LogP contribution in [0.1, 0.15) is 23.3 Å².